The zero-order chi connectivity index (χ0) is 23.1. The van der Waals surface area contributed by atoms with Crippen LogP contribution in [0.25, 0.3) is 16.8 Å². The second-order valence-corrected chi connectivity index (χ2v) is 9.66. The fourth-order valence-corrected chi connectivity index (χ4v) is 5.10. The minimum atomic E-state index is -0.305. The van der Waals surface area contributed by atoms with Crippen molar-refractivity contribution in [3.8, 4) is 11.3 Å². The summed E-state index contributed by atoms with van der Waals surface area (Å²) in [6.07, 6.45) is 4.13. The number of hydrogen-bond donors (Lipinski definition) is 1. The molecule has 1 unspecified atom stereocenters. The van der Waals surface area contributed by atoms with Crippen LogP contribution in [0.2, 0.25) is 5.02 Å². The molecule has 3 heterocycles. The van der Waals surface area contributed by atoms with E-state index in [1.807, 2.05) is 11.6 Å². The quantitative estimate of drug-likeness (QED) is 0.505. The molecule has 7 heteroatoms. The average Bonchev–Trinajstić information content (AvgIpc) is 3.10. The zero-order valence-electron chi connectivity index (χ0n) is 19.3. The number of nitrogens with one attached hydrogen (secondary N) is 1. The van der Waals surface area contributed by atoms with E-state index in [4.69, 9.17) is 11.6 Å². The van der Waals surface area contributed by atoms with Crippen LogP contribution in [0.1, 0.15) is 49.6 Å². The zero-order valence-corrected chi connectivity index (χ0v) is 20.0. The second kappa shape index (κ2) is 8.92. The van der Waals surface area contributed by atoms with E-state index >= 15 is 0 Å². The lowest BCUT2D eigenvalue weighted by Crippen LogP contribution is -2.34. The Morgan fingerprint density at radius 2 is 2.00 bits per heavy atom. The molecule has 3 aromatic rings. The van der Waals surface area contributed by atoms with Crippen molar-refractivity contribution in [3.05, 3.63) is 70.1 Å². The van der Waals surface area contributed by atoms with Gasteiger partial charge in [-0.1, -0.05) is 35.0 Å². The van der Waals surface area contributed by atoms with Gasteiger partial charge >= 0.3 is 0 Å². The fourth-order valence-electron chi connectivity index (χ4n) is 4.93. The maximum absolute atomic E-state index is 14.6. The smallest absolute Gasteiger partial charge is 0.146 e. The number of fused-ring (bicyclic) bond motifs is 3. The Kier molecular flexibility index (Phi) is 5.97. The lowest BCUT2D eigenvalue weighted by Gasteiger charge is -2.30. The Balaban J connectivity index is 1.56. The van der Waals surface area contributed by atoms with Crippen molar-refractivity contribution in [2.45, 2.75) is 52.2 Å². The van der Waals surface area contributed by atoms with Crippen LogP contribution in [-0.2, 0) is 6.54 Å². The van der Waals surface area contributed by atoms with E-state index in [0.29, 0.717) is 23.3 Å². The van der Waals surface area contributed by atoms with Crippen LogP contribution >= 0.6 is 11.6 Å². The number of halogens is 2. The Hall–Kier alpha value is -2.70. The van der Waals surface area contributed by atoms with Gasteiger partial charge in [-0.05, 0) is 74.6 Å². The minimum Gasteiger partial charge on any atom is -0.376 e. The third kappa shape index (κ3) is 4.30. The van der Waals surface area contributed by atoms with E-state index in [9.17, 15) is 4.39 Å². The first-order chi connectivity index (χ1) is 15.9. The first-order valence-electron chi connectivity index (χ1n) is 11.6. The van der Waals surface area contributed by atoms with Gasteiger partial charge in [-0.25, -0.2) is 9.07 Å². The number of nitrogens with zero attached hydrogens (tertiary/aromatic N) is 4. The molecule has 1 atom stereocenters. The Morgan fingerprint density at radius 3 is 2.76 bits per heavy atom. The van der Waals surface area contributed by atoms with Crippen LogP contribution in [0.15, 0.2) is 42.5 Å². The van der Waals surface area contributed by atoms with Gasteiger partial charge < -0.3 is 5.32 Å². The molecule has 2 aromatic carbocycles. The van der Waals surface area contributed by atoms with Gasteiger partial charge in [0.25, 0.3) is 0 Å². The molecule has 0 aliphatic carbocycles. The first kappa shape index (κ1) is 22.1. The summed E-state index contributed by atoms with van der Waals surface area (Å²) in [7, 11) is 0. The molecule has 5 nitrogen and oxygen atoms in total. The molecule has 0 bridgehead atoms. The van der Waals surface area contributed by atoms with Crippen LogP contribution in [0.3, 0.4) is 0 Å². The molecule has 5 rings (SSSR count). The summed E-state index contributed by atoms with van der Waals surface area (Å²) < 4.78 is 16.5. The van der Waals surface area contributed by atoms with E-state index in [1.54, 1.807) is 12.1 Å². The van der Waals surface area contributed by atoms with Crippen LogP contribution in [0.5, 0.6) is 0 Å². The lowest BCUT2D eigenvalue weighted by molar-refractivity contribution is 0.245. The average molecular weight is 466 g/mol. The molecule has 2 aliphatic heterocycles. The highest BCUT2D eigenvalue weighted by atomic mass is 35.5. The van der Waals surface area contributed by atoms with Crippen molar-refractivity contribution in [3.63, 3.8) is 0 Å². The van der Waals surface area contributed by atoms with Crippen molar-refractivity contribution in [1.82, 2.24) is 19.9 Å². The third-order valence-electron chi connectivity index (χ3n) is 6.81. The molecule has 0 radical (unpaired) electrons. The van der Waals surface area contributed by atoms with E-state index in [-0.39, 0.29) is 11.9 Å². The highest BCUT2D eigenvalue weighted by molar-refractivity contribution is 6.30. The van der Waals surface area contributed by atoms with Crippen LogP contribution in [-0.4, -0.2) is 39.0 Å². The summed E-state index contributed by atoms with van der Waals surface area (Å²) >= 11 is 6.16. The number of aryl methyl sites for hydroxylation is 2. The molecule has 172 valence electrons. The molecule has 0 saturated heterocycles. The van der Waals surface area contributed by atoms with Crippen LogP contribution in [0, 0.1) is 12.7 Å². The third-order valence-corrected chi connectivity index (χ3v) is 7.05. The maximum Gasteiger partial charge on any atom is 0.146 e. The molecule has 2 aliphatic rings. The summed E-state index contributed by atoms with van der Waals surface area (Å²) in [5.74, 6) is -0.305. The van der Waals surface area contributed by atoms with E-state index in [1.165, 1.54) is 17.2 Å². The molecule has 0 spiro atoms. The van der Waals surface area contributed by atoms with Crippen LogP contribution in [0.4, 0.5) is 10.1 Å². The standard InChI is InChI=1S/C26H29ClFN5/c1-16(2)32-11-8-18(9-12-32)19-4-6-21-22(14-19)24(10-13-33-26(21)17(3)30-31-33)29-25-15-20(27)5-7-23(25)28/h4-8,14-16,24,29H,9-13H2,1-3H3. The number of rotatable bonds is 4. The fraction of sp³-hybridized carbons (Fsp3) is 0.385. The van der Waals surface area contributed by atoms with E-state index < -0.39 is 0 Å². The number of hydrogen-bond acceptors (Lipinski definition) is 4. The molecular formula is C26H29ClFN5. The number of aromatic nitrogens is 3. The topological polar surface area (TPSA) is 46.0 Å². The Labute approximate surface area is 199 Å². The van der Waals surface area contributed by atoms with E-state index in [2.05, 4.69) is 58.7 Å². The first-order valence-corrected chi connectivity index (χ1v) is 12.0. The monoisotopic (exact) mass is 465 g/mol. The van der Waals surface area contributed by atoms with Crippen molar-refractivity contribution in [1.29, 1.82) is 0 Å². The van der Waals surface area contributed by atoms with Crippen molar-refractivity contribution in [2.75, 3.05) is 18.4 Å². The van der Waals surface area contributed by atoms with Gasteiger partial charge in [0.05, 0.1) is 23.1 Å². The van der Waals surface area contributed by atoms with Gasteiger partial charge in [-0.3, -0.25) is 4.90 Å². The molecule has 1 aromatic heterocycles. The molecule has 1 N–H and O–H groups in total. The van der Waals surface area contributed by atoms with Crippen molar-refractivity contribution in [2.24, 2.45) is 0 Å². The Bertz CT molecular complexity index is 1220. The van der Waals surface area contributed by atoms with Gasteiger partial charge in [0.2, 0.25) is 0 Å². The van der Waals surface area contributed by atoms with Crippen molar-refractivity contribution < 1.29 is 4.39 Å². The Morgan fingerprint density at radius 1 is 1.15 bits per heavy atom. The number of benzene rings is 2. The predicted molar refractivity (Wildman–Crippen MR) is 132 cm³/mol. The van der Waals surface area contributed by atoms with E-state index in [0.717, 1.165) is 48.4 Å². The molecular weight excluding hydrogens is 437 g/mol. The maximum atomic E-state index is 14.6. The summed E-state index contributed by atoms with van der Waals surface area (Å²) in [5, 5.41) is 12.6. The molecule has 0 fully saturated rings. The van der Waals surface area contributed by atoms with Gasteiger partial charge in [0, 0.05) is 36.3 Å². The summed E-state index contributed by atoms with van der Waals surface area (Å²) in [5.41, 5.74) is 7.20. The van der Waals surface area contributed by atoms with Gasteiger partial charge in [-0.2, -0.15) is 0 Å². The molecule has 33 heavy (non-hydrogen) atoms. The molecule has 0 saturated carbocycles. The largest absolute Gasteiger partial charge is 0.376 e. The van der Waals surface area contributed by atoms with Gasteiger partial charge in [0.1, 0.15) is 5.82 Å². The summed E-state index contributed by atoms with van der Waals surface area (Å²) in [4.78, 5) is 2.48. The van der Waals surface area contributed by atoms with Crippen LogP contribution < -0.4 is 5.32 Å². The second-order valence-electron chi connectivity index (χ2n) is 9.23. The lowest BCUT2D eigenvalue weighted by atomic mass is 9.90. The highest BCUT2D eigenvalue weighted by Gasteiger charge is 2.27. The van der Waals surface area contributed by atoms with Crippen molar-refractivity contribution >= 4 is 22.9 Å². The van der Waals surface area contributed by atoms with Gasteiger partial charge in [0.15, 0.2) is 0 Å². The summed E-state index contributed by atoms with van der Waals surface area (Å²) in [6, 6.07) is 11.8. The van der Waals surface area contributed by atoms with Gasteiger partial charge in [-0.15, -0.1) is 5.10 Å². The normalized spacial score (nSPS) is 18.5. The highest BCUT2D eigenvalue weighted by Crippen LogP contribution is 2.39. The minimum absolute atomic E-state index is 0.0784. The predicted octanol–water partition coefficient (Wildman–Crippen LogP) is 6.10. The SMILES string of the molecule is Cc1nnn2c1-c1ccc(C3=CCN(C(C)C)CC3)cc1C(Nc1cc(Cl)ccc1F)CC2. The number of anilines is 1. The summed E-state index contributed by atoms with van der Waals surface area (Å²) in [6.45, 7) is 9.20. The molecule has 0 amide bonds.